The van der Waals surface area contributed by atoms with Gasteiger partial charge in [-0.05, 0) is 19.1 Å². The number of hydrogen-bond donors (Lipinski definition) is 3. The highest BCUT2D eigenvalue weighted by molar-refractivity contribution is 6.31. The van der Waals surface area contributed by atoms with Crippen molar-refractivity contribution in [3.63, 3.8) is 0 Å². The predicted molar refractivity (Wildman–Crippen MR) is 56.4 cm³/mol. The third kappa shape index (κ3) is 2.37. The average Bonchev–Trinajstić information content (AvgIpc) is 2.24. The molecule has 1 atom stereocenters. The van der Waals surface area contributed by atoms with Gasteiger partial charge in [0, 0.05) is 0 Å². The number of aliphatic hydroxyl groups excluding tert-OH is 1. The quantitative estimate of drug-likeness (QED) is 0.554. The summed E-state index contributed by atoms with van der Waals surface area (Å²) in [6.07, 6.45) is -1.72. The lowest BCUT2D eigenvalue weighted by atomic mass is 10.1. The molecule has 0 fully saturated rings. The Morgan fingerprint density at radius 3 is 2.69 bits per heavy atom. The van der Waals surface area contributed by atoms with Crippen LogP contribution < -0.4 is 0 Å². The molecular weight excluding hydrogens is 236 g/mol. The highest BCUT2D eigenvalue weighted by Gasteiger charge is 2.26. The molecule has 0 saturated heterocycles. The monoisotopic (exact) mass is 246 g/mol. The van der Waals surface area contributed by atoms with E-state index < -0.39 is 23.6 Å². The SMILES string of the molecule is CCOC(=O)C(O)c1c(Cl)ccc(O)c1O. The zero-order valence-corrected chi connectivity index (χ0v) is 9.23. The second kappa shape index (κ2) is 5.05. The van der Waals surface area contributed by atoms with Crippen molar-refractivity contribution >= 4 is 17.6 Å². The smallest absolute Gasteiger partial charge is 0.339 e. The van der Waals surface area contributed by atoms with Crippen LogP contribution in [0.2, 0.25) is 5.02 Å². The molecule has 0 spiro atoms. The van der Waals surface area contributed by atoms with Crippen molar-refractivity contribution < 1.29 is 24.9 Å². The maximum atomic E-state index is 11.2. The normalized spacial score (nSPS) is 12.2. The maximum absolute atomic E-state index is 11.2. The minimum atomic E-state index is -1.72. The van der Waals surface area contributed by atoms with Gasteiger partial charge in [-0.25, -0.2) is 4.79 Å². The molecule has 88 valence electrons. The summed E-state index contributed by atoms with van der Waals surface area (Å²) in [5.74, 6) is -2.04. The van der Waals surface area contributed by atoms with Crippen molar-refractivity contribution in [2.45, 2.75) is 13.0 Å². The van der Waals surface area contributed by atoms with Crippen LogP contribution in [-0.4, -0.2) is 27.9 Å². The number of carbonyl (C=O) groups excluding carboxylic acids is 1. The highest BCUT2D eigenvalue weighted by atomic mass is 35.5. The number of aromatic hydroxyl groups is 2. The Kier molecular flexibility index (Phi) is 3.98. The number of aliphatic hydroxyl groups is 1. The molecule has 0 aliphatic heterocycles. The van der Waals surface area contributed by atoms with Gasteiger partial charge in [0.25, 0.3) is 0 Å². The van der Waals surface area contributed by atoms with Crippen LogP contribution in [0.25, 0.3) is 0 Å². The third-order valence-electron chi connectivity index (χ3n) is 1.93. The van der Waals surface area contributed by atoms with Gasteiger partial charge in [-0.1, -0.05) is 11.6 Å². The fourth-order valence-corrected chi connectivity index (χ4v) is 1.43. The number of esters is 1. The summed E-state index contributed by atoms with van der Waals surface area (Å²) in [5.41, 5.74) is -0.264. The molecule has 0 saturated carbocycles. The van der Waals surface area contributed by atoms with Crippen LogP contribution in [0, 0.1) is 0 Å². The molecule has 0 radical (unpaired) electrons. The van der Waals surface area contributed by atoms with Crippen LogP contribution >= 0.6 is 11.6 Å². The minimum absolute atomic E-state index is 0.0316. The second-order valence-corrected chi connectivity index (χ2v) is 3.39. The fourth-order valence-electron chi connectivity index (χ4n) is 1.17. The Hall–Kier alpha value is -1.46. The first-order chi connectivity index (χ1) is 7.49. The van der Waals surface area contributed by atoms with E-state index in [-0.39, 0.29) is 17.2 Å². The largest absolute Gasteiger partial charge is 0.504 e. The Morgan fingerprint density at radius 2 is 2.12 bits per heavy atom. The van der Waals surface area contributed by atoms with Gasteiger partial charge < -0.3 is 20.1 Å². The molecule has 16 heavy (non-hydrogen) atoms. The van der Waals surface area contributed by atoms with Crippen molar-refractivity contribution in [3.05, 3.63) is 22.7 Å². The van der Waals surface area contributed by atoms with E-state index >= 15 is 0 Å². The zero-order chi connectivity index (χ0) is 12.3. The molecule has 1 rings (SSSR count). The van der Waals surface area contributed by atoms with Crippen LogP contribution in [0.4, 0.5) is 0 Å². The van der Waals surface area contributed by atoms with E-state index in [0.29, 0.717) is 0 Å². The topological polar surface area (TPSA) is 87.0 Å². The van der Waals surface area contributed by atoms with Crippen molar-refractivity contribution in [1.82, 2.24) is 0 Å². The van der Waals surface area contributed by atoms with E-state index in [1.165, 1.54) is 6.07 Å². The average molecular weight is 247 g/mol. The van der Waals surface area contributed by atoms with Crippen LogP contribution in [0.1, 0.15) is 18.6 Å². The lowest BCUT2D eigenvalue weighted by Crippen LogP contribution is -2.15. The molecule has 0 aromatic heterocycles. The Balaban J connectivity index is 3.12. The molecule has 1 unspecified atom stereocenters. The van der Waals surface area contributed by atoms with Gasteiger partial charge in [0.15, 0.2) is 17.6 Å². The van der Waals surface area contributed by atoms with E-state index in [9.17, 15) is 20.1 Å². The molecule has 5 nitrogen and oxygen atoms in total. The van der Waals surface area contributed by atoms with E-state index in [0.717, 1.165) is 6.07 Å². The number of benzene rings is 1. The zero-order valence-electron chi connectivity index (χ0n) is 8.48. The lowest BCUT2D eigenvalue weighted by molar-refractivity contribution is -0.153. The number of hydrogen-bond acceptors (Lipinski definition) is 5. The van der Waals surface area contributed by atoms with Crippen LogP contribution in [0.15, 0.2) is 12.1 Å². The van der Waals surface area contributed by atoms with Crippen molar-refractivity contribution in [2.24, 2.45) is 0 Å². The molecular formula is C10H11ClO5. The number of phenols is 2. The Morgan fingerprint density at radius 1 is 1.50 bits per heavy atom. The number of phenolic OH excluding ortho intramolecular Hbond substituents is 2. The van der Waals surface area contributed by atoms with E-state index in [1.54, 1.807) is 6.92 Å². The molecule has 0 aliphatic rings. The van der Waals surface area contributed by atoms with Gasteiger partial charge in [0.1, 0.15) is 0 Å². The summed E-state index contributed by atoms with van der Waals surface area (Å²) in [6, 6.07) is 2.41. The van der Waals surface area contributed by atoms with E-state index in [1.807, 2.05) is 0 Å². The van der Waals surface area contributed by atoms with Gasteiger partial charge in [0.05, 0.1) is 17.2 Å². The number of carbonyl (C=O) groups is 1. The first-order valence-electron chi connectivity index (χ1n) is 4.54. The van der Waals surface area contributed by atoms with Gasteiger partial charge >= 0.3 is 5.97 Å². The van der Waals surface area contributed by atoms with Crippen molar-refractivity contribution in [1.29, 1.82) is 0 Å². The van der Waals surface area contributed by atoms with Gasteiger partial charge in [-0.3, -0.25) is 0 Å². The fraction of sp³-hybridized carbons (Fsp3) is 0.300. The Labute approximate surface area is 96.9 Å². The van der Waals surface area contributed by atoms with Gasteiger partial charge in [-0.15, -0.1) is 0 Å². The summed E-state index contributed by atoms with van der Waals surface area (Å²) >= 11 is 5.70. The molecule has 1 aromatic rings. The molecule has 0 aliphatic carbocycles. The standard InChI is InChI=1S/C10H11ClO5/c1-2-16-10(15)9(14)7-5(11)3-4-6(12)8(7)13/h3-4,9,12-14H,2H2,1H3. The molecule has 0 heterocycles. The van der Waals surface area contributed by atoms with Crippen molar-refractivity contribution in [2.75, 3.05) is 6.61 Å². The summed E-state index contributed by atoms with van der Waals surface area (Å²) in [5, 5.41) is 28.2. The van der Waals surface area contributed by atoms with E-state index in [2.05, 4.69) is 4.74 Å². The molecule has 0 amide bonds. The highest BCUT2D eigenvalue weighted by Crippen LogP contribution is 2.38. The Bertz CT molecular complexity index is 404. The first kappa shape index (κ1) is 12.6. The number of ether oxygens (including phenoxy) is 1. The molecule has 3 N–H and O–H groups in total. The lowest BCUT2D eigenvalue weighted by Gasteiger charge is -2.13. The predicted octanol–water partition coefficient (Wildman–Crippen LogP) is 1.35. The van der Waals surface area contributed by atoms with Gasteiger partial charge in [-0.2, -0.15) is 0 Å². The molecule has 0 bridgehead atoms. The molecule has 6 heteroatoms. The maximum Gasteiger partial charge on any atom is 0.339 e. The van der Waals surface area contributed by atoms with Gasteiger partial charge in [0.2, 0.25) is 0 Å². The second-order valence-electron chi connectivity index (χ2n) is 2.98. The first-order valence-corrected chi connectivity index (χ1v) is 4.91. The van der Waals surface area contributed by atoms with E-state index in [4.69, 9.17) is 11.6 Å². The third-order valence-corrected chi connectivity index (χ3v) is 2.26. The van der Waals surface area contributed by atoms with Crippen molar-refractivity contribution in [3.8, 4) is 11.5 Å². The summed E-state index contributed by atoms with van der Waals surface area (Å²) in [6.45, 7) is 1.67. The summed E-state index contributed by atoms with van der Waals surface area (Å²) < 4.78 is 4.57. The summed E-state index contributed by atoms with van der Waals surface area (Å²) in [4.78, 5) is 11.2. The summed E-state index contributed by atoms with van der Waals surface area (Å²) in [7, 11) is 0. The minimum Gasteiger partial charge on any atom is -0.504 e. The molecule has 1 aromatic carbocycles. The number of halogens is 1. The number of rotatable bonds is 3. The van der Waals surface area contributed by atoms with Crippen LogP contribution in [0.5, 0.6) is 11.5 Å². The van der Waals surface area contributed by atoms with Crippen LogP contribution in [0.3, 0.4) is 0 Å². The van der Waals surface area contributed by atoms with Crippen LogP contribution in [-0.2, 0) is 9.53 Å².